The molecule has 3 N–H and O–H groups in total. The lowest BCUT2D eigenvalue weighted by atomic mass is 10.1. The van der Waals surface area contributed by atoms with Gasteiger partial charge in [-0.05, 0) is 0 Å². The van der Waals surface area contributed by atoms with E-state index in [9.17, 15) is 14.3 Å². The third-order valence-electron chi connectivity index (χ3n) is 4.28. The number of nitrogens with zero attached hydrogens (tertiary/aromatic N) is 3. The van der Waals surface area contributed by atoms with Crippen LogP contribution in [0.4, 0.5) is 5.82 Å². The summed E-state index contributed by atoms with van der Waals surface area (Å²) in [5, 5.41) is 0. The first kappa shape index (κ1) is 20.1. The van der Waals surface area contributed by atoms with Crippen molar-refractivity contribution in [2.45, 2.75) is 31.1 Å². The van der Waals surface area contributed by atoms with Crippen molar-refractivity contribution in [2.24, 2.45) is 10.7 Å². The maximum atomic E-state index is 12.1. The van der Waals surface area contributed by atoms with Crippen LogP contribution >= 0.6 is 7.60 Å². The average Bonchev–Trinajstić information content (AvgIpc) is 3.20. The highest BCUT2D eigenvalue weighted by molar-refractivity contribution is 7.52. The highest BCUT2D eigenvalue weighted by Crippen LogP contribution is 2.43. The van der Waals surface area contributed by atoms with Crippen molar-refractivity contribution in [1.82, 2.24) is 9.55 Å². The number of hydrogen-bond acceptors (Lipinski definition) is 10. The predicted octanol–water partition coefficient (Wildman–Crippen LogP) is 0.149. The van der Waals surface area contributed by atoms with Gasteiger partial charge >= 0.3 is 7.60 Å². The van der Waals surface area contributed by atoms with Gasteiger partial charge in [-0.15, -0.1) is 0 Å². The number of rotatable bonds is 7. The molecule has 0 bridgehead atoms. The van der Waals surface area contributed by atoms with Crippen molar-refractivity contribution in [1.29, 1.82) is 0 Å². The molecule has 0 amide bonds. The standard InChI is InChI=1S/C14H21N4O8P/c1-22-10-11(23-2)14(25-6-27(20,21)24-3)26-13(10)18-5-16-9-7(19)4-8(15)17-12(9)18/h5,10-11,13-14H,4,6H2,1-3H3,(H2,15,17)(H,20,21)/t10-,11+,13-,14+/m1/s1. The number of fused-ring (bicyclic) bond motifs is 1. The normalized spacial score (nSPS) is 30.1. The molecule has 2 aliphatic heterocycles. The zero-order chi connectivity index (χ0) is 19.8. The second kappa shape index (κ2) is 7.76. The van der Waals surface area contributed by atoms with E-state index >= 15 is 0 Å². The summed E-state index contributed by atoms with van der Waals surface area (Å²) in [5.41, 5.74) is 5.90. The number of hydrogen-bond donors (Lipinski definition) is 2. The van der Waals surface area contributed by atoms with Gasteiger partial charge in [0, 0.05) is 21.3 Å². The van der Waals surface area contributed by atoms with Gasteiger partial charge in [-0.2, -0.15) is 0 Å². The molecule has 2 aliphatic rings. The Bertz CT molecular complexity index is 796. The van der Waals surface area contributed by atoms with Crippen molar-refractivity contribution in [3.63, 3.8) is 0 Å². The Morgan fingerprint density at radius 3 is 2.70 bits per heavy atom. The Morgan fingerprint density at radius 2 is 2.07 bits per heavy atom. The third kappa shape index (κ3) is 3.83. The fraction of sp³-hybridized carbons (Fsp3) is 0.643. The smallest absolute Gasteiger partial charge is 0.353 e. The molecule has 0 aliphatic carbocycles. The second-order valence-electron chi connectivity index (χ2n) is 5.94. The number of aliphatic imine (C=N–C) groups is 1. The van der Waals surface area contributed by atoms with Crippen molar-refractivity contribution < 1.29 is 37.7 Å². The first-order chi connectivity index (χ1) is 12.8. The van der Waals surface area contributed by atoms with E-state index in [0.29, 0.717) is 0 Å². The van der Waals surface area contributed by atoms with Gasteiger partial charge in [-0.3, -0.25) is 13.9 Å². The summed E-state index contributed by atoms with van der Waals surface area (Å²) < 4.78 is 39.7. The number of ketones is 1. The summed E-state index contributed by atoms with van der Waals surface area (Å²) in [6.45, 7) is 0. The molecule has 1 unspecified atom stereocenters. The van der Waals surface area contributed by atoms with Gasteiger partial charge in [0.15, 0.2) is 36.2 Å². The van der Waals surface area contributed by atoms with Gasteiger partial charge in [0.05, 0.1) is 12.7 Å². The van der Waals surface area contributed by atoms with E-state index in [0.717, 1.165) is 7.11 Å². The van der Waals surface area contributed by atoms with Crippen LogP contribution in [0.5, 0.6) is 0 Å². The van der Waals surface area contributed by atoms with Crippen LogP contribution in [0.2, 0.25) is 0 Å². The molecule has 1 fully saturated rings. The Kier molecular flexibility index (Phi) is 5.77. The largest absolute Gasteiger partial charge is 0.387 e. The molecule has 0 saturated carbocycles. The van der Waals surface area contributed by atoms with E-state index in [-0.39, 0.29) is 29.6 Å². The van der Waals surface area contributed by atoms with E-state index < -0.39 is 38.7 Å². The van der Waals surface area contributed by atoms with Gasteiger partial charge < -0.3 is 34.1 Å². The number of carbonyl (C=O) groups is 1. The quantitative estimate of drug-likeness (QED) is 0.599. The monoisotopic (exact) mass is 404 g/mol. The molecule has 0 spiro atoms. The lowest BCUT2D eigenvalue weighted by Crippen LogP contribution is -2.36. The van der Waals surface area contributed by atoms with Crippen LogP contribution in [0, 0.1) is 0 Å². The molecule has 12 nitrogen and oxygen atoms in total. The third-order valence-corrected chi connectivity index (χ3v) is 5.32. The summed E-state index contributed by atoms with van der Waals surface area (Å²) in [5.74, 6) is 0.162. The first-order valence-corrected chi connectivity index (χ1v) is 9.70. The number of amidine groups is 1. The molecule has 1 aromatic heterocycles. The van der Waals surface area contributed by atoms with Crippen molar-refractivity contribution in [2.75, 3.05) is 27.7 Å². The molecule has 13 heteroatoms. The van der Waals surface area contributed by atoms with Crippen LogP contribution < -0.4 is 5.73 Å². The van der Waals surface area contributed by atoms with Gasteiger partial charge in [0.2, 0.25) is 0 Å². The lowest BCUT2D eigenvalue weighted by Gasteiger charge is -2.22. The van der Waals surface area contributed by atoms with E-state index in [2.05, 4.69) is 14.5 Å². The molecular weight excluding hydrogens is 383 g/mol. The van der Waals surface area contributed by atoms with E-state index in [1.165, 1.54) is 25.1 Å². The number of carbonyl (C=O) groups excluding carboxylic acids is 1. The fourth-order valence-corrected chi connectivity index (χ4v) is 3.40. The van der Waals surface area contributed by atoms with Crippen LogP contribution in [0.25, 0.3) is 0 Å². The molecule has 3 rings (SSSR count). The molecular formula is C14H21N4O8P. The maximum Gasteiger partial charge on any atom is 0.353 e. The molecule has 27 heavy (non-hydrogen) atoms. The lowest BCUT2D eigenvalue weighted by molar-refractivity contribution is -0.173. The SMILES string of the molecule is CO[C@@H]1[C@@H](OCP(=O)(O)OC)O[C@@H](n2cnc3c2N=C(N)CC3=O)[C@@H]1OC. The molecule has 0 radical (unpaired) electrons. The number of methoxy groups -OCH3 is 2. The Balaban J connectivity index is 1.88. The van der Waals surface area contributed by atoms with Gasteiger partial charge in [-0.1, -0.05) is 0 Å². The van der Waals surface area contributed by atoms with Gasteiger partial charge in [-0.25, -0.2) is 9.98 Å². The molecule has 3 heterocycles. The number of Topliss-reactive ketones (excluding diaryl/α,β-unsaturated/α-hetero) is 1. The molecule has 1 aromatic rings. The van der Waals surface area contributed by atoms with Crippen molar-refractivity contribution in [3.05, 3.63) is 12.0 Å². The molecule has 0 aromatic carbocycles. The highest BCUT2D eigenvalue weighted by Gasteiger charge is 2.49. The van der Waals surface area contributed by atoms with E-state index in [1.807, 2.05) is 0 Å². The summed E-state index contributed by atoms with van der Waals surface area (Å²) in [7, 11) is 0.0750. The van der Waals surface area contributed by atoms with Crippen LogP contribution in [0.1, 0.15) is 23.1 Å². The fourth-order valence-electron chi connectivity index (χ4n) is 2.96. The Morgan fingerprint density at radius 1 is 1.37 bits per heavy atom. The van der Waals surface area contributed by atoms with Crippen molar-refractivity contribution in [3.8, 4) is 0 Å². The molecule has 5 atom stereocenters. The van der Waals surface area contributed by atoms with Gasteiger partial charge in [0.1, 0.15) is 18.0 Å². The summed E-state index contributed by atoms with van der Waals surface area (Å²) >= 11 is 0. The van der Waals surface area contributed by atoms with E-state index in [1.54, 1.807) is 0 Å². The number of aromatic nitrogens is 2. The zero-order valence-corrected chi connectivity index (χ0v) is 15.9. The Labute approximate surface area is 154 Å². The molecule has 150 valence electrons. The van der Waals surface area contributed by atoms with Gasteiger partial charge in [0.25, 0.3) is 0 Å². The maximum absolute atomic E-state index is 12.1. The zero-order valence-electron chi connectivity index (χ0n) is 15.0. The minimum Gasteiger partial charge on any atom is -0.387 e. The minimum atomic E-state index is -3.91. The summed E-state index contributed by atoms with van der Waals surface area (Å²) in [4.78, 5) is 29.9. The molecule has 1 saturated heterocycles. The highest BCUT2D eigenvalue weighted by atomic mass is 31.2. The Hall–Kier alpha value is -1.66. The predicted molar refractivity (Wildman–Crippen MR) is 90.7 cm³/mol. The topological polar surface area (TPSA) is 157 Å². The van der Waals surface area contributed by atoms with E-state index in [4.69, 9.17) is 24.7 Å². The number of imidazole rings is 1. The van der Waals surface area contributed by atoms with Crippen molar-refractivity contribution >= 4 is 25.0 Å². The minimum absolute atomic E-state index is 0.00151. The van der Waals surface area contributed by atoms with Crippen LogP contribution in [0.15, 0.2) is 11.3 Å². The number of ether oxygens (including phenoxy) is 4. The number of nitrogens with two attached hydrogens (primary N) is 1. The summed E-state index contributed by atoms with van der Waals surface area (Å²) in [6.07, 6.45) is -2.45. The van der Waals surface area contributed by atoms with Crippen LogP contribution in [-0.4, -0.2) is 72.2 Å². The van der Waals surface area contributed by atoms with Crippen LogP contribution in [0.3, 0.4) is 0 Å². The average molecular weight is 404 g/mol. The summed E-state index contributed by atoms with van der Waals surface area (Å²) in [6, 6.07) is 0. The van der Waals surface area contributed by atoms with Crippen LogP contribution in [-0.2, 0) is 28.0 Å². The first-order valence-electron chi connectivity index (χ1n) is 7.94. The second-order valence-corrected chi connectivity index (χ2v) is 7.84.